The summed E-state index contributed by atoms with van der Waals surface area (Å²) in [5, 5.41) is 0.376. The maximum atomic E-state index is 12.8. The number of alkyl halides is 3. The quantitative estimate of drug-likeness (QED) is 0.876. The Hall–Kier alpha value is -1.69. The Morgan fingerprint density at radius 1 is 1.24 bits per heavy atom. The molecule has 0 fully saturated rings. The summed E-state index contributed by atoms with van der Waals surface area (Å²) >= 11 is 0. The first-order chi connectivity index (χ1) is 8.02. The largest absolute Gasteiger partial charge is 0.418 e. The molecule has 0 aliphatic rings. The summed E-state index contributed by atoms with van der Waals surface area (Å²) in [6.45, 7) is 0.305. The van der Waals surface area contributed by atoms with E-state index in [9.17, 15) is 13.2 Å². The topological polar surface area (TPSA) is 51.8 Å². The van der Waals surface area contributed by atoms with Gasteiger partial charge in [-0.2, -0.15) is 13.2 Å². The van der Waals surface area contributed by atoms with Crippen molar-refractivity contribution >= 4 is 10.9 Å². The molecule has 90 valence electrons. The molecule has 1 aromatic carbocycles. The number of rotatable bonds is 2. The highest BCUT2D eigenvalue weighted by molar-refractivity contribution is 5.81. The first-order valence-electron chi connectivity index (χ1n) is 5.04. The number of hydrogen-bond donors (Lipinski definition) is 1. The molecule has 0 bridgehead atoms. The minimum absolute atomic E-state index is 0.0709. The van der Waals surface area contributed by atoms with E-state index in [1.807, 2.05) is 0 Å². The molecule has 0 aliphatic carbocycles. The first-order valence-corrected chi connectivity index (χ1v) is 5.04. The Balaban J connectivity index is 2.64. The number of nitrogens with zero attached hydrogens (tertiary/aromatic N) is 2. The third-order valence-electron chi connectivity index (χ3n) is 2.33. The minimum Gasteiger partial charge on any atom is -0.330 e. The Kier molecular flexibility index (Phi) is 2.97. The molecule has 2 N–H and O–H groups in total. The van der Waals surface area contributed by atoms with Crippen molar-refractivity contribution in [3.05, 3.63) is 35.8 Å². The van der Waals surface area contributed by atoms with Gasteiger partial charge in [-0.25, -0.2) is 9.97 Å². The predicted octanol–water partition coefficient (Wildman–Crippen LogP) is 2.15. The molecule has 0 saturated carbocycles. The lowest BCUT2D eigenvalue weighted by molar-refractivity contribution is -0.136. The normalized spacial score (nSPS) is 12.0. The molecule has 0 aliphatic heterocycles. The first kappa shape index (κ1) is 11.8. The van der Waals surface area contributed by atoms with E-state index in [1.165, 1.54) is 12.3 Å². The number of nitrogens with two attached hydrogens (primary N) is 1. The van der Waals surface area contributed by atoms with Crippen LogP contribution in [0.1, 0.15) is 11.4 Å². The zero-order valence-electron chi connectivity index (χ0n) is 8.83. The molecule has 0 atom stereocenters. The van der Waals surface area contributed by atoms with E-state index in [4.69, 9.17) is 5.73 Å². The van der Waals surface area contributed by atoms with E-state index in [2.05, 4.69) is 9.97 Å². The molecule has 1 aromatic heterocycles. The average Bonchev–Trinajstić information content (AvgIpc) is 2.27. The number of fused-ring (bicyclic) bond motifs is 1. The predicted molar refractivity (Wildman–Crippen MR) is 57.3 cm³/mol. The summed E-state index contributed by atoms with van der Waals surface area (Å²) in [4.78, 5) is 7.88. The Labute approximate surface area is 95.5 Å². The monoisotopic (exact) mass is 241 g/mol. The average molecular weight is 241 g/mol. The zero-order valence-corrected chi connectivity index (χ0v) is 8.83. The van der Waals surface area contributed by atoms with E-state index in [-0.39, 0.29) is 5.52 Å². The van der Waals surface area contributed by atoms with Crippen molar-refractivity contribution in [3.63, 3.8) is 0 Å². The Bertz CT molecular complexity index is 537. The Morgan fingerprint density at radius 2 is 2.00 bits per heavy atom. The van der Waals surface area contributed by atoms with E-state index < -0.39 is 11.7 Å². The van der Waals surface area contributed by atoms with Gasteiger partial charge in [-0.05, 0) is 12.6 Å². The molecule has 0 spiro atoms. The van der Waals surface area contributed by atoms with Crippen LogP contribution in [-0.2, 0) is 12.6 Å². The van der Waals surface area contributed by atoms with Gasteiger partial charge in [0.15, 0.2) is 0 Å². The van der Waals surface area contributed by atoms with Crippen molar-refractivity contribution < 1.29 is 13.2 Å². The van der Waals surface area contributed by atoms with Gasteiger partial charge in [-0.3, -0.25) is 0 Å². The fraction of sp³-hybridized carbons (Fsp3) is 0.273. The molecular formula is C11H10F3N3. The second-order valence-electron chi connectivity index (χ2n) is 3.57. The van der Waals surface area contributed by atoms with Crippen LogP contribution in [0.2, 0.25) is 0 Å². The van der Waals surface area contributed by atoms with Gasteiger partial charge in [-0.15, -0.1) is 0 Å². The third kappa shape index (κ3) is 2.36. The standard InChI is InChI=1S/C11H10F3N3/c12-11(13,14)8-3-1-2-7-6-16-9(4-5-15)17-10(7)8/h1-3,6H,4-5,15H2. The summed E-state index contributed by atoms with van der Waals surface area (Å²) in [6.07, 6.45) is -2.65. The SMILES string of the molecule is NCCc1ncc2cccc(C(F)(F)F)c2n1. The van der Waals surface area contributed by atoms with Crippen molar-refractivity contribution in [1.29, 1.82) is 0 Å². The van der Waals surface area contributed by atoms with Crippen LogP contribution in [0.25, 0.3) is 10.9 Å². The maximum Gasteiger partial charge on any atom is 0.418 e. The summed E-state index contributed by atoms with van der Waals surface area (Å²) in [7, 11) is 0. The van der Waals surface area contributed by atoms with Crippen LogP contribution in [0, 0.1) is 0 Å². The highest BCUT2D eigenvalue weighted by Gasteiger charge is 2.33. The molecule has 3 nitrogen and oxygen atoms in total. The number of para-hydroxylation sites is 1. The second kappa shape index (κ2) is 4.29. The van der Waals surface area contributed by atoms with E-state index in [1.54, 1.807) is 6.07 Å². The van der Waals surface area contributed by atoms with Gasteiger partial charge in [0.1, 0.15) is 5.82 Å². The van der Waals surface area contributed by atoms with Gasteiger partial charge >= 0.3 is 6.18 Å². The molecule has 1 heterocycles. The van der Waals surface area contributed by atoms with Crippen molar-refractivity contribution in [2.45, 2.75) is 12.6 Å². The Morgan fingerprint density at radius 3 is 2.65 bits per heavy atom. The van der Waals surface area contributed by atoms with Gasteiger partial charge in [0, 0.05) is 18.0 Å². The van der Waals surface area contributed by atoms with Crippen LogP contribution in [0.15, 0.2) is 24.4 Å². The summed E-state index contributed by atoms with van der Waals surface area (Å²) in [6, 6.07) is 3.91. The maximum absolute atomic E-state index is 12.8. The number of benzene rings is 1. The summed E-state index contributed by atoms with van der Waals surface area (Å²) in [5.41, 5.74) is 4.52. The highest BCUT2D eigenvalue weighted by Crippen LogP contribution is 2.33. The smallest absolute Gasteiger partial charge is 0.330 e. The molecular weight excluding hydrogens is 231 g/mol. The van der Waals surface area contributed by atoms with Gasteiger partial charge in [-0.1, -0.05) is 12.1 Å². The van der Waals surface area contributed by atoms with Crippen molar-refractivity contribution in [3.8, 4) is 0 Å². The molecule has 2 rings (SSSR count). The number of aromatic nitrogens is 2. The van der Waals surface area contributed by atoms with Crippen molar-refractivity contribution in [1.82, 2.24) is 9.97 Å². The number of hydrogen-bond acceptors (Lipinski definition) is 3. The van der Waals surface area contributed by atoms with Gasteiger partial charge < -0.3 is 5.73 Å². The van der Waals surface area contributed by atoms with Crippen molar-refractivity contribution in [2.75, 3.05) is 6.54 Å². The van der Waals surface area contributed by atoms with Crippen LogP contribution in [-0.4, -0.2) is 16.5 Å². The number of halogens is 3. The van der Waals surface area contributed by atoms with Crippen LogP contribution < -0.4 is 5.73 Å². The molecule has 0 saturated heterocycles. The van der Waals surface area contributed by atoms with E-state index >= 15 is 0 Å². The lowest BCUT2D eigenvalue weighted by atomic mass is 10.1. The fourth-order valence-electron chi connectivity index (χ4n) is 1.57. The summed E-state index contributed by atoms with van der Waals surface area (Å²) in [5.74, 6) is 0.330. The molecule has 0 radical (unpaired) electrons. The highest BCUT2D eigenvalue weighted by atomic mass is 19.4. The second-order valence-corrected chi connectivity index (χ2v) is 3.57. The van der Waals surface area contributed by atoms with Crippen LogP contribution >= 0.6 is 0 Å². The third-order valence-corrected chi connectivity index (χ3v) is 2.33. The zero-order chi connectivity index (χ0) is 12.5. The molecule has 0 unspecified atom stereocenters. The lowest BCUT2D eigenvalue weighted by Gasteiger charge is -2.09. The molecule has 0 amide bonds. The van der Waals surface area contributed by atoms with Crippen molar-refractivity contribution in [2.24, 2.45) is 5.73 Å². The van der Waals surface area contributed by atoms with E-state index in [0.29, 0.717) is 24.2 Å². The van der Waals surface area contributed by atoms with Gasteiger partial charge in [0.25, 0.3) is 0 Å². The molecule has 17 heavy (non-hydrogen) atoms. The van der Waals surface area contributed by atoms with E-state index in [0.717, 1.165) is 6.07 Å². The molecule has 6 heteroatoms. The van der Waals surface area contributed by atoms with Crippen LogP contribution in [0.3, 0.4) is 0 Å². The molecule has 2 aromatic rings. The minimum atomic E-state index is -4.41. The van der Waals surface area contributed by atoms with Crippen LogP contribution in [0.5, 0.6) is 0 Å². The van der Waals surface area contributed by atoms with Gasteiger partial charge in [0.2, 0.25) is 0 Å². The lowest BCUT2D eigenvalue weighted by Crippen LogP contribution is -2.10. The van der Waals surface area contributed by atoms with Crippen LogP contribution in [0.4, 0.5) is 13.2 Å². The van der Waals surface area contributed by atoms with Gasteiger partial charge in [0.05, 0.1) is 11.1 Å². The summed E-state index contributed by atoms with van der Waals surface area (Å²) < 4.78 is 38.3. The fourth-order valence-corrected chi connectivity index (χ4v) is 1.57.